The average molecular weight is 273 g/mol. The van der Waals surface area contributed by atoms with Crippen LogP contribution in [-0.4, -0.2) is 36.0 Å². The first kappa shape index (κ1) is 12.8. The van der Waals surface area contributed by atoms with Crippen molar-refractivity contribution in [2.45, 2.75) is 13.3 Å². The maximum atomic E-state index is 11.9. The van der Waals surface area contributed by atoms with Gasteiger partial charge < -0.3 is 20.9 Å². The number of carbonyl (C=O) groups is 1. The Kier molecular flexibility index (Phi) is 2.81. The molecule has 1 aliphatic heterocycles. The number of anilines is 2. The topological polar surface area (TPSA) is 87.0 Å². The number of aromatic nitrogens is 2. The Labute approximate surface area is 117 Å². The summed E-state index contributed by atoms with van der Waals surface area (Å²) in [5, 5.41) is 2.74. The van der Waals surface area contributed by atoms with E-state index in [1.807, 2.05) is 25.1 Å². The van der Waals surface area contributed by atoms with E-state index in [9.17, 15) is 4.79 Å². The van der Waals surface area contributed by atoms with E-state index < -0.39 is 0 Å². The molecule has 1 aromatic heterocycles. The van der Waals surface area contributed by atoms with Crippen molar-refractivity contribution in [3.8, 4) is 0 Å². The van der Waals surface area contributed by atoms with Crippen LogP contribution in [0.5, 0.6) is 0 Å². The Hall–Kier alpha value is -2.24. The van der Waals surface area contributed by atoms with Gasteiger partial charge in [-0.05, 0) is 31.5 Å². The van der Waals surface area contributed by atoms with Crippen molar-refractivity contribution in [2.24, 2.45) is 5.41 Å². The minimum atomic E-state index is -0.354. The van der Waals surface area contributed by atoms with Crippen molar-refractivity contribution in [1.29, 1.82) is 0 Å². The van der Waals surface area contributed by atoms with Crippen molar-refractivity contribution in [3.63, 3.8) is 0 Å². The highest BCUT2D eigenvalue weighted by molar-refractivity contribution is 5.84. The van der Waals surface area contributed by atoms with Crippen LogP contribution >= 0.6 is 0 Å². The second-order valence-corrected chi connectivity index (χ2v) is 5.65. The summed E-state index contributed by atoms with van der Waals surface area (Å²) in [6.45, 7) is 3.48. The average Bonchev–Trinajstić information content (AvgIpc) is 3.01. The van der Waals surface area contributed by atoms with E-state index in [1.165, 1.54) is 0 Å². The van der Waals surface area contributed by atoms with Crippen LogP contribution in [-0.2, 0) is 4.79 Å². The zero-order valence-electron chi connectivity index (χ0n) is 11.7. The Morgan fingerprint density at radius 2 is 2.35 bits per heavy atom. The molecule has 106 valence electrons. The molecule has 0 saturated carbocycles. The number of carbonyl (C=O) groups excluding carboxylic acids is 1. The molecular formula is C14H19N5O. The number of rotatable bonds is 2. The molecule has 1 fully saturated rings. The molecule has 0 radical (unpaired) electrons. The van der Waals surface area contributed by atoms with Gasteiger partial charge >= 0.3 is 0 Å². The van der Waals surface area contributed by atoms with Gasteiger partial charge in [0.2, 0.25) is 11.9 Å². The highest BCUT2D eigenvalue weighted by Gasteiger charge is 2.40. The summed E-state index contributed by atoms with van der Waals surface area (Å²) in [4.78, 5) is 21.9. The van der Waals surface area contributed by atoms with Crippen LogP contribution in [0.3, 0.4) is 0 Å². The third kappa shape index (κ3) is 1.97. The molecule has 6 nitrogen and oxygen atoms in total. The summed E-state index contributed by atoms with van der Waals surface area (Å²) in [5.74, 6) is 0.888. The highest BCUT2D eigenvalue weighted by Crippen LogP contribution is 2.33. The first-order chi connectivity index (χ1) is 9.51. The highest BCUT2D eigenvalue weighted by atomic mass is 16.2. The number of nitrogens with two attached hydrogens (primary N) is 1. The van der Waals surface area contributed by atoms with E-state index in [0.29, 0.717) is 12.2 Å². The number of benzene rings is 1. The van der Waals surface area contributed by atoms with E-state index in [1.54, 1.807) is 7.05 Å². The van der Waals surface area contributed by atoms with E-state index >= 15 is 0 Å². The second kappa shape index (κ2) is 4.40. The number of amides is 1. The van der Waals surface area contributed by atoms with Crippen molar-refractivity contribution in [1.82, 2.24) is 15.3 Å². The third-order valence-electron chi connectivity index (χ3n) is 4.04. The van der Waals surface area contributed by atoms with Gasteiger partial charge in [-0.1, -0.05) is 0 Å². The SMILES string of the molecule is CNC(=O)C1(C)CCN(c2nc3ccc(N)cc3[nH]2)C1. The van der Waals surface area contributed by atoms with Gasteiger partial charge in [-0.25, -0.2) is 4.98 Å². The molecule has 2 aromatic rings. The smallest absolute Gasteiger partial charge is 0.227 e. The van der Waals surface area contributed by atoms with Gasteiger partial charge in [-0.2, -0.15) is 0 Å². The number of fused-ring (bicyclic) bond motifs is 1. The minimum Gasteiger partial charge on any atom is -0.399 e. The molecule has 1 aromatic carbocycles. The maximum Gasteiger partial charge on any atom is 0.227 e. The third-order valence-corrected chi connectivity index (χ3v) is 4.04. The Balaban J connectivity index is 1.88. The van der Waals surface area contributed by atoms with E-state index in [4.69, 9.17) is 5.73 Å². The molecule has 6 heteroatoms. The minimum absolute atomic E-state index is 0.0837. The summed E-state index contributed by atoms with van der Waals surface area (Å²) in [5.41, 5.74) is 7.95. The molecule has 1 aliphatic rings. The van der Waals surface area contributed by atoms with Crippen LogP contribution in [0.15, 0.2) is 18.2 Å². The number of imidazole rings is 1. The van der Waals surface area contributed by atoms with Gasteiger partial charge in [0.05, 0.1) is 16.4 Å². The van der Waals surface area contributed by atoms with Gasteiger partial charge in [0.1, 0.15) is 0 Å². The second-order valence-electron chi connectivity index (χ2n) is 5.65. The molecule has 20 heavy (non-hydrogen) atoms. The Bertz CT molecular complexity index is 665. The van der Waals surface area contributed by atoms with Crippen molar-refractivity contribution in [2.75, 3.05) is 30.8 Å². The van der Waals surface area contributed by atoms with E-state index in [2.05, 4.69) is 20.2 Å². The number of H-pyrrole nitrogens is 1. The molecule has 1 atom stereocenters. The lowest BCUT2D eigenvalue weighted by molar-refractivity contribution is -0.128. The summed E-state index contributed by atoms with van der Waals surface area (Å²) in [7, 11) is 1.68. The lowest BCUT2D eigenvalue weighted by Gasteiger charge is -2.22. The van der Waals surface area contributed by atoms with E-state index in [0.717, 1.165) is 29.9 Å². The van der Waals surface area contributed by atoms with Gasteiger partial charge in [-0.3, -0.25) is 4.79 Å². The summed E-state index contributed by atoms with van der Waals surface area (Å²) < 4.78 is 0. The normalized spacial score (nSPS) is 22.4. The summed E-state index contributed by atoms with van der Waals surface area (Å²) >= 11 is 0. The predicted octanol–water partition coefficient (Wildman–Crippen LogP) is 1.11. The van der Waals surface area contributed by atoms with Crippen LogP contribution in [0.25, 0.3) is 11.0 Å². The van der Waals surface area contributed by atoms with Gasteiger partial charge in [0.25, 0.3) is 0 Å². The molecule has 1 amide bonds. The molecule has 1 saturated heterocycles. The molecular weight excluding hydrogens is 254 g/mol. The molecule has 0 spiro atoms. The monoisotopic (exact) mass is 273 g/mol. The maximum absolute atomic E-state index is 11.9. The number of nitrogen functional groups attached to an aromatic ring is 1. The molecule has 1 unspecified atom stereocenters. The van der Waals surface area contributed by atoms with Crippen LogP contribution in [0, 0.1) is 5.41 Å². The fourth-order valence-electron chi connectivity index (χ4n) is 2.79. The number of nitrogens with one attached hydrogen (secondary N) is 2. The molecule has 4 N–H and O–H groups in total. The summed E-state index contributed by atoms with van der Waals surface area (Å²) in [6, 6.07) is 5.62. The van der Waals surface area contributed by atoms with Crippen LogP contribution in [0.2, 0.25) is 0 Å². The predicted molar refractivity (Wildman–Crippen MR) is 79.5 cm³/mol. The van der Waals surface area contributed by atoms with Crippen molar-refractivity contribution >= 4 is 28.6 Å². The largest absolute Gasteiger partial charge is 0.399 e. The number of hydrogen-bond acceptors (Lipinski definition) is 4. The lowest BCUT2D eigenvalue weighted by atomic mass is 9.89. The fourth-order valence-corrected chi connectivity index (χ4v) is 2.79. The summed E-state index contributed by atoms with van der Waals surface area (Å²) in [6.07, 6.45) is 0.825. The standard InChI is InChI=1S/C14H19N5O/c1-14(12(20)16-2)5-6-19(8-14)13-17-10-4-3-9(15)7-11(10)18-13/h3-4,7H,5-6,8,15H2,1-2H3,(H,16,20)(H,17,18). The molecule has 0 aliphatic carbocycles. The van der Waals surface area contributed by atoms with E-state index in [-0.39, 0.29) is 11.3 Å². The number of hydrogen-bond donors (Lipinski definition) is 3. The van der Waals surface area contributed by atoms with Crippen LogP contribution in [0.1, 0.15) is 13.3 Å². The van der Waals surface area contributed by atoms with Gasteiger partial charge in [0.15, 0.2) is 0 Å². The first-order valence-electron chi connectivity index (χ1n) is 6.74. The Morgan fingerprint density at radius 3 is 3.10 bits per heavy atom. The molecule has 2 heterocycles. The zero-order valence-corrected chi connectivity index (χ0v) is 11.7. The van der Waals surface area contributed by atoms with Crippen LogP contribution < -0.4 is 16.0 Å². The molecule has 0 bridgehead atoms. The van der Waals surface area contributed by atoms with Gasteiger partial charge in [0, 0.05) is 25.8 Å². The van der Waals surface area contributed by atoms with Crippen molar-refractivity contribution < 1.29 is 4.79 Å². The van der Waals surface area contributed by atoms with Crippen LogP contribution in [0.4, 0.5) is 11.6 Å². The zero-order chi connectivity index (χ0) is 14.3. The lowest BCUT2D eigenvalue weighted by Crippen LogP contribution is -2.39. The van der Waals surface area contributed by atoms with Gasteiger partial charge in [-0.15, -0.1) is 0 Å². The quantitative estimate of drug-likeness (QED) is 0.715. The first-order valence-corrected chi connectivity index (χ1v) is 6.74. The Morgan fingerprint density at radius 1 is 1.55 bits per heavy atom. The fraction of sp³-hybridized carbons (Fsp3) is 0.429. The van der Waals surface area contributed by atoms with Crippen molar-refractivity contribution in [3.05, 3.63) is 18.2 Å². The number of nitrogens with zero attached hydrogens (tertiary/aromatic N) is 2. The molecule has 3 rings (SSSR count). The number of aromatic amines is 1.